The predicted octanol–water partition coefficient (Wildman–Crippen LogP) is 3.23. The number of halogens is 1. The van der Waals surface area contributed by atoms with Gasteiger partial charge in [-0.2, -0.15) is 12.6 Å². The largest absolute Gasteiger partial charge is 0.347 e. The Balaban J connectivity index is 1.88. The highest BCUT2D eigenvalue weighted by atomic mass is 35.5. The molecule has 6 nitrogen and oxygen atoms in total. The molecular weight excluding hydrogens is 446 g/mol. The number of nitrogens with one attached hydrogen (secondary N) is 2. The lowest BCUT2D eigenvalue weighted by Gasteiger charge is -2.14. The van der Waals surface area contributed by atoms with Crippen LogP contribution >= 0.6 is 24.2 Å². The number of hydrogen-bond donors (Lipinski definition) is 4. The van der Waals surface area contributed by atoms with Crippen molar-refractivity contribution in [2.24, 2.45) is 0 Å². The van der Waals surface area contributed by atoms with E-state index < -0.39 is 6.04 Å². The number of amides is 2. The number of carbonyl (C=O) groups excluding carboxylic acids is 3. The molecule has 8 heteroatoms. The van der Waals surface area contributed by atoms with Crippen LogP contribution in [0.4, 0.5) is 11.4 Å². The molecule has 1 atom stereocenters. The van der Waals surface area contributed by atoms with Crippen LogP contribution in [0.5, 0.6) is 0 Å². The standard InChI is InChI=1S/C24H22ClN3O3S/c25-17-8-6-15(7-9-17)12-22(29)28-21-11-10-18(27-24(31)20(26)14-32)13-19(21)23(30)16-4-2-1-3-5-16/h1-11,13,20,32H,12,14,26H2,(H,27,31)(H,28,29)/p+1/t20-/m0/s1. The molecule has 5 N–H and O–H groups in total. The van der Waals surface area contributed by atoms with Crippen LogP contribution in [0.25, 0.3) is 0 Å². The Kier molecular flexibility index (Phi) is 8.05. The molecule has 164 valence electrons. The number of hydrogen-bond acceptors (Lipinski definition) is 4. The Morgan fingerprint density at radius 3 is 2.28 bits per heavy atom. The normalized spacial score (nSPS) is 11.5. The van der Waals surface area contributed by atoms with Gasteiger partial charge in [0.15, 0.2) is 11.8 Å². The van der Waals surface area contributed by atoms with Crippen molar-refractivity contribution in [3.05, 3.63) is 94.5 Å². The smallest absolute Gasteiger partial charge is 0.283 e. The van der Waals surface area contributed by atoms with E-state index in [4.69, 9.17) is 11.6 Å². The van der Waals surface area contributed by atoms with Gasteiger partial charge >= 0.3 is 0 Å². The van der Waals surface area contributed by atoms with Crippen molar-refractivity contribution in [2.45, 2.75) is 12.5 Å². The zero-order chi connectivity index (χ0) is 23.1. The third kappa shape index (κ3) is 6.20. The van der Waals surface area contributed by atoms with Gasteiger partial charge in [0.2, 0.25) is 5.91 Å². The van der Waals surface area contributed by atoms with Crippen molar-refractivity contribution < 1.29 is 20.1 Å². The quantitative estimate of drug-likeness (QED) is 0.301. The van der Waals surface area contributed by atoms with Crippen LogP contribution in [-0.4, -0.2) is 29.4 Å². The summed E-state index contributed by atoms with van der Waals surface area (Å²) in [5.41, 5.74) is 6.06. The van der Waals surface area contributed by atoms with Crippen molar-refractivity contribution in [1.82, 2.24) is 0 Å². The van der Waals surface area contributed by atoms with Crippen molar-refractivity contribution in [1.29, 1.82) is 0 Å². The van der Waals surface area contributed by atoms with Gasteiger partial charge in [0.25, 0.3) is 5.91 Å². The van der Waals surface area contributed by atoms with Gasteiger partial charge in [-0.1, -0.05) is 54.1 Å². The molecule has 0 fully saturated rings. The first kappa shape index (κ1) is 23.5. The first-order valence-electron chi connectivity index (χ1n) is 9.90. The van der Waals surface area contributed by atoms with Gasteiger partial charge in [-0.05, 0) is 35.9 Å². The molecule has 3 aromatic carbocycles. The molecule has 0 aromatic heterocycles. The summed E-state index contributed by atoms with van der Waals surface area (Å²) in [5, 5.41) is 6.13. The highest BCUT2D eigenvalue weighted by Gasteiger charge is 2.19. The van der Waals surface area contributed by atoms with Gasteiger partial charge in [0.1, 0.15) is 0 Å². The molecule has 0 spiro atoms. The van der Waals surface area contributed by atoms with E-state index in [1.165, 1.54) is 0 Å². The maximum absolute atomic E-state index is 13.2. The summed E-state index contributed by atoms with van der Waals surface area (Å²) >= 11 is 9.99. The fourth-order valence-electron chi connectivity index (χ4n) is 2.97. The van der Waals surface area contributed by atoms with Crippen LogP contribution in [0, 0.1) is 0 Å². The second-order valence-electron chi connectivity index (χ2n) is 7.18. The zero-order valence-electron chi connectivity index (χ0n) is 17.2. The molecule has 3 aromatic rings. The van der Waals surface area contributed by atoms with Crippen LogP contribution in [0.2, 0.25) is 5.02 Å². The van der Waals surface area contributed by atoms with Gasteiger partial charge < -0.3 is 16.4 Å². The van der Waals surface area contributed by atoms with E-state index in [2.05, 4.69) is 29.0 Å². The SMILES string of the molecule is [NH3+][C@@H](CS)C(=O)Nc1ccc(NC(=O)Cc2ccc(Cl)cc2)c(C(=O)c2ccccc2)c1. The Hall–Kier alpha value is -3.13. The molecule has 0 saturated heterocycles. The molecule has 0 heterocycles. The maximum atomic E-state index is 13.2. The van der Waals surface area contributed by atoms with Crippen molar-refractivity contribution >= 4 is 53.2 Å². The van der Waals surface area contributed by atoms with E-state index in [-0.39, 0.29) is 29.6 Å². The molecule has 0 aliphatic rings. The Bertz CT molecular complexity index is 1120. The lowest BCUT2D eigenvalue weighted by molar-refractivity contribution is -0.395. The van der Waals surface area contributed by atoms with Gasteiger partial charge in [0.05, 0.1) is 17.9 Å². The third-order valence-electron chi connectivity index (χ3n) is 4.71. The predicted molar refractivity (Wildman–Crippen MR) is 129 cm³/mol. The third-order valence-corrected chi connectivity index (χ3v) is 5.40. The van der Waals surface area contributed by atoms with E-state index in [0.717, 1.165) is 5.56 Å². The van der Waals surface area contributed by atoms with Gasteiger partial charge in [-0.3, -0.25) is 14.4 Å². The monoisotopic (exact) mass is 468 g/mol. The number of thiol groups is 1. The average Bonchev–Trinajstić information content (AvgIpc) is 2.81. The molecule has 0 aliphatic heterocycles. The molecule has 32 heavy (non-hydrogen) atoms. The number of ketones is 1. The summed E-state index contributed by atoms with van der Waals surface area (Å²) in [6.07, 6.45) is 0.125. The van der Waals surface area contributed by atoms with Crippen LogP contribution in [-0.2, 0) is 16.0 Å². The molecule has 0 aliphatic carbocycles. The van der Waals surface area contributed by atoms with Crippen molar-refractivity contribution in [3.8, 4) is 0 Å². The summed E-state index contributed by atoms with van der Waals surface area (Å²) in [5.74, 6) is -0.568. The van der Waals surface area contributed by atoms with E-state index in [1.54, 1.807) is 66.7 Å². The molecule has 3 rings (SSSR count). The van der Waals surface area contributed by atoms with E-state index in [9.17, 15) is 14.4 Å². The molecule has 0 saturated carbocycles. The van der Waals surface area contributed by atoms with E-state index in [0.29, 0.717) is 27.7 Å². The van der Waals surface area contributed by atoms with E-state index in [1.807, 2.05) is 6.07 Å². The maximum Gasteiger partial charge on any atom is 0.283 e. The Morgan fingerprint density at radius 2 is 1.62 bits per heavy atom. The fraction of sp³-hybridized carbons (Fsp3) is 0.125. The highest BCUT2D eigenvalue weighted by molar-refractivity contribution is 7.80. The second kappa shape index (κ2) is 10.9. The number of anilines is 2. The highest BCUT2D eigenvalue weighted by Crippen LogP contribution is 2.24. The van der Waals surface area contributed by atoms with Gasteiger partial charge in [-0.25, -0.2) is 0 Å². The summed E-state index contributed by atoms with van der Waals surface area (Å²) in [4.78, 5) is 38.0. The first-order chi connectivity index (χ1) is 15.4. The topological polar surface area (TPSA) is 103 Å². The van der Waals surface area contributed by atoms with Crippen LogP contribution in [0.1, 0.15) is 21.5 Å². The molecule has 2 amide bonds. The number of rotatable bonds is 8. The average molecular weight is 469 g/mol. The second-order valence-corrected chi connectivity index (χ2v) is 7.98. The lowest BCUT2D eigenvalue weighted by atomic mass is 10.0. The summed E-state index contributed by atoms with van der Waals surface area (Å²) < 4.78 is 0. The summed E-state index contributed by atoms with van der Waals surface area (Å²) in [6.45, 7) is 0. The minimum atomic E-state index is -0.537. The van der Waals surface area contributed by atoms with Crippen molar-refractivity contribution in [3.63, 3.8) is 0 Å². The number of carbonyl (C=O) groups is 3. The minimum Gasteiger partial charge on any atom is -0.347 e. The van der Waals surface area contributed by atoms with Crippen LogP contribution < -0.4 is 16.4 Å². The molecular formula is C24H23ClN3O3S+. The van der Waals surface area contributed by atoms with E-state index >= 15 is 0 Å². The lowest BCUT2D eigenvalue weighted by Crippen LogP contribution is -2.67. The van der Waals surface area contributed by atoms with Crippen LogP contribution in [0.3, 0.4) is 0 Å². The Morgan fingerprint density at radius 1 is 0.938 bits per heavy atom. The first-order valence-corrected chi connectivity index (χ1v) is 10.9. The summed E-state index contributed by atoms with van der Waals surface area (Å²) in [6, 6.07) is 19.9. The zero-order valence-corrected chi connectivity index (χ0v) is 18.8. The minimum absolute atomic E-state index is 0.125. The van der Waals surface area contributed by atoms with Crippen molar-refractivity contribution in [2.75, 3.05) is 16.4 Å². The van der Waals surface area contributed by atoms with Crippen LogP contribution in [0.15, 0.2) is 72.8 Å². The fourth-order valence-corrected chi connectivity index (χ4v) is 3.26. The number of quaternary nitrogens is 1. The number of benzene rings is 3. The Labute approximate surface area is 196 Å². The summed E-state index contributed by atoms with van der Waals surface area (Å²) in [7, 11) is 0. The molecule has 0 unspecified atom stereocenters. The molecule has 0 bridgehead atoms. The molecule has 0 radical (unpaired) electrons. The van der Waals surface area contributed by atoms with Gasteiger partial charge in [-0.15, -0.1) is 0 Å². The van der Waals surface area contributed by atoms with Gasteiger partial charge in [0, 0.05) is 21.8 Å².